The maximum absolute atomic E-state index is 5.96. The lowest BCUT2D eigenvalue weighted by atomic mass is 9.99. The highest BCUT2D eigenvalue weighted by Gasteiger charge is 2.11. The molecule has 0 unspecified atom stereocenters. The second-order valence-electron chi connectivity index (χ2n) is 3.57. The summed E-state index contributed by atoms with van der Waals surface area (Å²) in [5, 5.41) is 0.716. The maximum atomic E-state index is 5.96. The summed E-state index contributed by atoms with van der Waals surface area (Å²) >= 11 is 5.96. The quantitative estimate of drug-likeness (QED) is 0.631. The van der Waals surface area contributed by atoms with E-state index in [-0.39, 0.29) is 6.04 Å². The third-order valence-corrected chi connectivity index (χ3v) is 2.72. The van der Waals surface area contributed by atoms with E-state index in [9.17, 15) is 0 Å². The van der Waals surface area contributed by atoms with Gasteiger partial charge >= 0.3 is 0 Å². The zero-order chi connectivity index (χ0) is 11.4. The first-order chi connectivity index (χ1) is 7.81. The number of hydrazine groups is 1. The molecule has 16 heavy (non-hydrogen) atoms. The molecule has 0 radical (unpaired) electrons. The van der Waals surface area contributed by atoms with Crippen LogP contribution >= 0.6 is 11.6 Å². The van der Waals surface area contributed by atoms with Crippen molar-refractivity contribution in [3.8, 4) is 0 Å². The molecule has 82 valence electrons. The van der Waals surface area contributed by atoms with E-state index < -0.39 is 0 Å². The van der Waals surface area contributed by atoms with Crippen molar-refractivity contribution in [1.29, 1.82) is 0 Å². The van der Waals surface area contributed by atoms with Crippen molar-refractivity contribution in [2.75, 3.05) is 0 Å². The van der Waals surface area contributed by atoms with E-state index in [0.29, 0.717) is 5.02 Å². The molecule has 0 aliphatic carbocycles. The van der Waals surface area contributed by atoms with Gasteiger partial charge in [0.1, 0.15) is 0 Å². The van der Waals surface area contributed by atoms with Crippen LogP contribution < -0.4 is 11.3 Å². The molecule has 2 rings (SSSR count). The minimum Gasteiger partial charge on any atom is -0.271 e. The Labute approximate surface area is 100 Å². The van der Waals surface area contributed by atoms with Crippen LogP contribution in [0.3, 0.4) is 0 Å². The smallest absolute Gasteiger partial charge is 0.0710 e. The zero-order valence-electron chi connectivity index (χ0n) is 8.73. The molecule has 0 bridgehead atoms. The number of rotatable bonds is 3. The molecule has 0 amide bonds. The second-order valence-corrected chi connectivity index (χ2v) is 4.00. The highest BCUT2D eigenvalue weighted by molar-refractivity contribution is 6.30. The summed E-state index contributed by atoms with van der Waals surface area (Å²) in [6.07, 6.45) is 0. The van der Waals surface area contributed by atoms with Crippen molar-refractivity contribution < 1.29 is 0 Å². The van der Waals surface area contributed by atoms with Gasteiger partial charge in [0.2, 0.25) is 0 Å². The molecule has 2 aromatic carbocycles. The standard InChI is InChI=1S/C13H13ClN2/c14-12-8-4-7-11(9-12)13(16-15)10-5-2-1-3-6-10/h1-9,13,16H,15H2/t13-/m1/s1. The van der Waals surface area contributed by atoms with Gasteiger partial charge in [0.05, 0.1) is 6.04 Å². The molecule has 0 aliphatic heterocycles. The van der Waals surface area contributed by atoms with E-state index in [1.807, 2.05) is 54.6 Å². The Morgan fingerprint density at radius 3 is 2.25 bits per heavy atom. The number of hydrogen-bond donors (Lipinski definition) is 2. The Morgan fingerprint density at radius 1 is 0.938 bits per heavy atom. The van der Waals surface area contributed by atoms with Gasteiger partial charge < -0.3 is 0 Å². The van der Waals surface area contributed by atoms with Crippen LogP contribution in [0.5, 0.6) is 0 Å². The SMILES string of the molecule is NN[C@H](c1ccccc1)c1cccc(Cl)c1. The van der Waals surface area contributed by atoms with Gasteiger partial charge in [0, 0.05) is 5.02 Å². The van der Waals surface area contributed by atoms with Crippen molar-refractivity contribution in [2.45, 2.75) is 6.04 Å². The fraction of sp³-hybridized carbons (Fsp3) is 0.0769. The molecule has 0 aliphatic rings. The van der Waals surface area contributed by atoms with E-state index in [0.717, 1.165) is 11.1 Å². The fourth-order valence-electron chi connectivity index (χ4n) is 1.72. The van der Waals surface area contributed by atoms with E-state index in [1.54, 1.807) is 0 Å². The molecule has 0 heterocycles. The summed E-state index contributed by atoms with van der Waals surface area (Å²) in [4.78, 5) is 0. The van der Waals surface area contributed by atoms with Crippen LogP contribution in [0, 0.1) is 0 Å². The van der Waals surface area contributed by atoms with Crippen LogP contribution in [0.25, 0.3) is 0 Å². The monoisotopic (exact) mass is 232 g/mol. The Bertz CT molecular complexity index is 456. The van der Waals surface area contributed by atoms with Gasteiger partial charge in [-0.2, -0.15) is 0 Å². The van der Waals surface area contributed by atoms with Crippen LogP contribution in [-0.2, 0) is 0 Å². The van der Waals surface area contributed by atoms with Crippen LogP contribution in [0.15, 0.2) is 54.6 Å². The number of halogens is 1. The number of nitrogens with one attached hydrogen (secondary N) is 1. The molecule has 2 nitrogen and oxygen atoms in total. The topological polar surface area (TPSA) is 38.0 Å². The fourth-order valence-corrected chi connectivity index (χ4v) is 1.92. The van der Waals surface area contributed by atoms with Gasteiger partial charge in [-0.1, -0.05) is 54.1 Å². The van der Waals surface area contributed by atoms with Gasteiger partial charge in [-0.15, -0.1) is 0 Å². The Morgan fingerprint density at radius 2 is 1.62 bits per heavy atom. The van der Waals surface area contributed by atoms with Crippen molar-refractivity contribution in [2.24, 2.45) is 5.84 Å². The molecule has 1 atom stereocenters. The van der Waals surface area contributed by atoms with Gasteiger partial charge in [0.15, 0.2) is 0 Å². The third-order valence-electron chi connectivity index (χ3n) is 2.48. The largest absolute Gasteiger partial charge is 0.271 e. The molecule has 0 fully saturated rings. The van der Waals surface area contributed by atoms with Gasteiger partial charge in [-0.25, -0.2) is 5.43 Å². The van der Waals surface area contributed by atoms with Crippen molar-refractivity contribution in [3.63, 3.8) is 0 Å². The number of hydrogen-bond acceptors (Lipinski definition) is 2. The second kappa shape index (κ2) is 5.12. The first-order valence-corrected chi connectivity index (χ1v) is 5.45. The Kier molecular flexibility index (Phi) is 3.57. The van der Waals surface area contributed by atoms with Gasteiger partial charge in [0.25, 0.3) is 0 Å². The molecule has 0 saturated carbocycles. The molecule has 3 N–H and O–H groups in total. The van der Waals surface area contributed by atoms with Crippen LogP contribution in [0.2, 0.25) is 5.02 Å². The molecule has 2 aromatic rings. The predicted octanol–water partition coefficient (Wildman–Crippen LogP) is 2.89. The highest BCUT2D eigenvalue weighted by Crippen LogP contribution is 2.23. The lowest BCUT2D eigenvalue weighted by Gasteiger charge is -2.16. The van der Waals surface area contributed by atoms with E-state index in [2.05, 4.69) is 5.43 Å². The first-order valence-electron chi connectivity index (χ1n) is 5.08. The molecule has 0 saturated heterocycles. The minimum absolute atomic E-state index is 0.0279. The van der Waals surface area contributed by atoms with Gasteiger partial charge in [-0.3, -0.25) is 5.84 Å². The maximum Gasteiger partial charge on any atom is 0.0710 e. The van der Waals surface area contributed by atoms with E-state index in [1.165, 1.54) is 0 Å². The lowest BCUT2D eigenvalue weighted by molar-refractivity contribution is 0.637. The lowest BCUT2D eigenvalue weighted by Crippen LogP contribution is -2.28. The summed E-state index contributed by atoms with van der Waals surface area (Å²) < 4.78 is 0. The third kappa shape index (κ3) is 2.42. The summed E-state index contributed by atoms with van der Waals surface area (Å²) in [5.74, 6) is 5.59. The Balaban J connectivity index is 2.37. The average Bonchev–Trinajstić information content (AvgIpc) is 2.31. The summed E-state index contributed by atoms with van der Waals surface area (Å²) in [6.45, 7) is 0. The molecular weight excluding hydrogens is 220 g/mol. The predicted molar refractivity (Wildman–Crippen MR) is 67.1 cm³/mol. The van der Waals surface area contributed by atoms with Crippen molar-refractivity contribution in [3.05, 3.63) is 70.7 Å². The van der Waals surface area contributed by atoms with E-state index >= 15 is 0 Å². The first kappa shape index (κ1) is 11.1. The normalized spacial score (nSPS) is 12.4. The van der Waals surface area contributed by atoms with Crippen molar-refractivity contribution >= 4 is 11.6 Å². The molecule has 0 spiro atoms. The van der Waals surface area contributed by atoms with E-state index in [4.69, 9.17) is 17.4 Å². The van der Waals surface area contributed by atoms with Crippen LogP contribution in [0.1, 0.15) is 17.2 Å². The van der Waals surface area contributed by atoms with Crippen LogP contribution in [0.4, 0.5) is 0 Å². The summed E-state index contributed by atoms with van der Waals surface area (Å²) in [5.41, 5.74) is 4.98. The molecule has 0 aromatic heterocycles. The van der Waals surface area contributed by atoms with Gasteiger partial charge in [-0.05, 0) is 23.3 Å². The highest BCUT2D eigenvalue weighted by atomic mass is 35.5. The molecule has 3 heteroatoms. The average molecular weight is 233 g/mol. The minimum atomic E-state index is -0.0279. The summed E-state index contributed by atoms with van der Waals surface area (Å²) in [6, 6.07) is 17.7. The zero-order valence-corrected chi connectivity index (χ0v) is 9.48. The number of nitrogens with two attached hydrogens (primary N) is 1. The number of benzene rings is 2. The van der Waals surface area contributed by atoms with Crippen molar-refractivity contribution in [1.82, 2.24) is 5.43 Å². The Hall–Kier alpha value is -1.35. The van der Waals surface area contributed by atoms with Crippen LogP contribution in [-0.4, -0.2) is 0 Å². The molecular formula is C13H13ClN2. The summed E-state index contributed by atoms with van der Waals surface area (Å²) in [7, 11) is 0.